The average Bonchev–Trinajstić information content (AvgIpc) is 2.46. The molecule has 2 nitrogen and oxygen atoms in total. The van der Waals surface area contributed by atoms with Crippen LogP contribution in [0.5, 0.6) is 0 Å². The first-order chi connectivity index (χ1) is 5.40. The van der Waals surface area contributed by atoms with Crippen LogP contribution >= 0.6 is 22.6 Å². The Morgan fingerprint density at radius 3 is 2.45 bits per heavy atom. The second-order valence-corrected chi connectivity index (χ2v) is 4.52. The molecule has 11 heavy (non-hydrogen) atoms. The molecule has 2 unspecified atom stereocenters. The van der Waals surface area contributed by atoms with E-state index in [0.29, 0.717) is 0 Å². The molecule has 2 N–H and O–H groups in total. The Hall–Kier alpha value is 0.620. The first-order valence-corrected chi connectivity index (χ1v) is 6.03. The van der Waals surface area contributed by atoms with Gasteiger partial charge in [0.2, 0.25) is 0 Å². The summed E-state index contributed by atoms with van der Waals surface area (Å²) in [6.07, 6.45) is 2.68. The summed E-state index contributed by atoms with van der Waals surface area (Å²) in [5, 5.41) is 3.43. The van der Waals surface area contributed by atoms with Gasteiger partial charge in [-0.3, -0.25) is 4.72 Å². The van der Waals surface area contributed by atoms with Crippen molar-refractivity contribution in [1.82, 2.24) is 10.0 Å². The van der Waals surface area contributed by atoms with Crippen LogP contribution in [0.4, 0.5) is 0 Å². The molecule has 2 aliphatic rings. The summed E-state index contributed by atoms with van der Waals surface area (Å²) in [6.45, 7) is 2.47. The molecule has 0 aromatic rings. The summed E-state index contributed by atoms with van der Waals surface area (Å²) < 4.78 is 3.33. The van der Waals surface area contributed by atoms with E-state index in [0.717, 1.165) is 17.9 Å². The van der Waals surface area contributed by atoms with Gasteiger partial charge < -0.3 is 5.32 Å². The second-order valence-electron chi connectivity index (χ2n) is 3.56. The Bertz CT molecular complexity index is 130. The number of hydrogen-bond acceptors (Lipinski definition) is 4. The highest BCUT2D eigenvalue weighted by atomic mass is 33.1. The minimum Gasteiger partial charge on any atom is -0.316 e. The van der Waals surface area contributed by atoms with Crippen LogP contribution in [0, 0.1) is 11.8 Å². The normalized spacial score (nSPS) is 42.8. The van der Waals surface area contributed by atoms with Gasteiger partial charge in [-0.05, 0) is 48.7 Å². The minimum absolute atomic E-state index is 0.717. The average molecular weight is 190 g/mol. The molecule has 0 bridgehead atoms. The zero-order chi connectivity index (χ0) is 7.68. The predicted molar refractivity (Wildman–Crippen MR) is 52.6 cm³/mol. The molecule has 0 amide bonds. The number of hydrogen-bond donors (Lipinski definition) is 3. The molecule has 1 saturated carbocycles. The molecule has 64 valence electrons. The summed E-state index contributed by atoms with van der Waals surface area (Å²) in [5.74, 6) is 1.88. The van der Waals surface area contributed by atoms with Crippen LogP contribution in [-0.2, 0) is 0 Å². The lowest BCUT2D eigenvalue weighted by Crippen LogP contribution is -2.22. The van der Waals surface area contributed by atoms with Crippen molar-refractivity contribution in [1.29, 1.82) is 0 Å². The molecule has 1 aliphatic heterocycles. The van der Waals surface area contributed by atoms with Crippen molar-refractivity contribution in [3.63, 3.8) is 0 Å². The van der Waals surface area contributed by atoms with Crippen molar-refractivity contribution in [2.24, 2.45) is 11.8 Å². The fourth-order valence-electron chi connectivity index (χ4n) is 2.34. The molecular weight excluding hydrogens is 176 g/mol. The maximum absolute atomic E-state index is 4.09. The molecule has 2 atom stereocenters. The zero-order valence-electron chi connectivity index (χ0n) is 6.42. The Balaban J connectivity index is 1.84. The summed E-state index contributed by atoms with van der Waals surface area (Å²) in [5.41, 5.74) is 0. The Morgan fingerprint density at radius 2 is 1.91 bits per heavy atom. The maximum Gasteiger partial charge on any atom is 0.0186 e. The molecule has 2 rings (SSSR count). The lowest BCUT2D eigenvalue weighted by atomic mass is 10.0. The smallest absolute Gasteiger partial charge is 0.0186 e. The molecule has 1 aliphatic carbocycles. The predicted octanol–water partition coefficient (Wildman–Crippen LogP) is 1.07. The second kappa shape index (κ2) is 3.56. The van der Waals surface area contributed by atoms with E-state index in [1.54, 1.807) is 0 Å². The van der Waals surface area contributed by atoms with Crippen LogP contribution in [0.15, 0.2) is 0 Å². The first kappa shape index (κ1) is 8.23. The van der Waals surface area contributed by atoms with Gasteiger partial charge in [0, 0.05) is 6.04 Å². The lowest BCUT2D eigenvalue weighted by Gasteiger charge is -2.09. The summed E-state index contributed by atoms with van der Waals surface area (Å²) in [4.78, 5) is 0. The zero-order valence-corrected chi connectivity index (χ0v) is 8.13. The highest BCUT2D eigenvalue weighted by Gasteiger charge is 2.36. The van der Waals surface area contributed by atoms with E-state index in [4.69, 9.17) is 0 Å². The van der Waals surface area contributed by atoms with E-state index in [1.165, 1.54) is 36.9 Å². The van der Waals surface area contributed by atoms with Crippen LogP contribution in [0.25, 0.3) is 0 Å². The fourth-order valence-corrected chi connectivity index (χ4v) is 3.13. The van der Waals surface area contributed by atoms with Gasteiger partial charge in [0.05, 0.1) is 0 Å². The minimum atomic E-state index is 0.717. The van der Waals surface area contributed by atoms with E-state index in [2.05, 4.69) is 21.7 Å². The number of nitrogens with one attached hydrogen (secondary N) is 2. The van der Waals surface area contributed by atoms with Gasteiger partial charge in [-0.2, -0.15) is 0 Å². The Kier molecular flexibility index (Phi) is 2.66. The highest BCUT2D eigenvalue weighted by molar-refractivity contribution is 8.67. The third kappa shape index (κ3) is 1.69. The topological polar surface area (TPSA) is 24.1 Å². The Labute approximate surface area is 76.8 Å². The van der Waals surface area contributed by atoms with Crippen LogP contribution in [0.3, 0.4) is 0 Å². The van der Waals surface area contributed by atoms with Crippen molar-refractivity contribution in [3.05, 3.63) is 0 Å². The van der Waals surface area contributed by atoms with Gasteiger partial charge in [0.15, 0.2) is 0 Å². The van der Waals surface area contributed by atoms with Gasteiger partial charge in [0.1, 0.15) is 0 Å². The van der Waals surface area contributed by atoms with Crippen LogP contribution in [0.2, 0.25) is 0 Å². The summed E-state index contributed by atoms with van der Waals surface area (Å²) in [6, 6.07) is 0.717. The monoisotopic (exact) mass is 190 g/mol. The van der Waals surface area contributed by atoms with Crippen LogP contribution < -0.4 is 10.0 Å². The molecule has 1 heterocycles. The first-order valence-electron chi connectivity index (χ1n) is 4.17. The van der Waals surface area contributed by atoms with Gasteiger partial charge in [-0.25, -0.2) is 0 Å². The quantitative estimate of drug-likeness (QED) is 0.345. The lowest BCUT2D eigenvalue weighted by molar-refractivity contribution is 0.494. The Morgan fingerprint density at radius 1 is 1.27 bits per heavy atom. The van der Waals surface area contributed by atoms with Crippen molar-refractivity contribution in [2.45, 2.75) is 18.9 Å². The molecule has 0 radical (unpaired) electrons. The largest absolute Gasteiger partial charge is 0.316 e. The number of thiol groups is 1. The fraction of sp³-hybridized carbons (Fsp3) is 1.00. The standard InChI is InChI=1S/C7H14N2S2/c10-11-9-7-1-5-3-8-4-6(5)2-7/h5-10H,1-4H2. The van der Waals surface area contributed by atoms with Gasteiger partial charge in [0.25, 0.3) is 0 Å². The molecule has 0 spiro atoms. The molecular formula is C7H14N2S2. The molecule has 0 aromatic carbocycles. The maximum atomic E-state index is 4.09. The summed E-state index contributed by atoms with van der Waals surface area (Å²) >= 11 is 4.09. The highest BCUT2D eigenvalue weighted by Crippen LogP contribution is 2.35. The van der Waals surface area contributed by atoms with E-state index in [-0.39, 0.29) is 0 Å². The van der Waals surface area contributed by atoms with E-state index < -0.39 is 0 Å². The van der Waals surface area contributed by atoms with E-state index >= 15 is 0 Å². The number of rotatable bonds is 2. The van der Waals surface area contributed by atoms with Gasteiger partial charge in [-0.1, -0.05) is 11.7 Å². The molecule has 4 heteroatoms. The number of fused-ring (bicyclic) bond motifs is 1. The summed E-state index contributed by atoms with van der Waals surface area (Å²) in [7, 11) is 1.46. The van der Waals surface area contributed by atoms with Crippen molar-refractivity contribution >= 4 is 22.6 Å². The third-order valence-electron chi connectivity index (χ3n) is 2.87. The van der Waals surface area contributed by atoms with Crippen molar-refractivity contribution in [3.8, 4) is 0 Å². The molecule has 0 aromatic heterocycles. The van der Waals surface area contributed by atoms with Crippen molar-refractivity contribution < 1.29 is 0 Å². The van der Waals surface area contributed by atoms with Crippen LogP contribution in [-0.4, -0.2) is 19.1 Å². The van der Waals surface area contributed by atoms with Crippen LogP contribution in [0.1, 0.15) is 12.8 Å². The van der Waals surface area contributed by atoms with E-state index in [1.807, 2.05) is 0 Å². The SMILES string of the molecule is SSNC1CC2CNCC2C1. The molecule has 1 saturated heterocycles. The van der Waals surface area contributed by atoms with Crippen molar-refractivity contribution in [2.75, 3.05) is 13.1 Å². The van der Waals surface area contributed by atoms with E-state index in [9.17, 15) is 0 Å². The molecule has 2 fully saturated rings. The third-order valence-corrected chi connectivity index (χ3v) is 3.63. The van der Waals surface area contributed by atoms with Gasteiger partial charge >= 0.3 is 0 Å². The van der Waals surface area contributed by atoms with Gasteiger partial charge in [-0.15, -0.1) is 0 Å².